The first-order chi connectivity index (χ1) is 8.29. The van der Waals surface area contributed by atoms with Crippen LogP contribution in [-0.4, -0.2) is 17.2 Å². The summed E-state index contributed by atoms with van der Waals surface area (Å²) < 4.78 is 5.28. The molecule has 17 heavy (non-hydrogen) atoms. The van der Waals surface area contributed by atoms with Crippen LogP contribution >= 0.6 is 0 Å². The Morgan fingerprint density at radius 3 is 2.94 bits per heavy atom. The number of aromatic nitrogens is 1. The highest BCUT2D eigenvalue weighted by molar-refractivity contribution is 5.29. The van der Waals surface area contributed by atoms with Crippen LogP contribution in [-0.2, 0) is 0 Å². The minimum absolute atomic E-state index is 0.387. The van der Waals surface area contributed by atoms with E-state index in [9.17, 15) is 5.11 Å². The molecule has 0 spiro atoms. The minimum atomic E-state index is -0.457. The van der Waals surface area contributed by atoms with Crippen molar-refractivity contribution in [2.45, 2.75) is 31.8 Å². The highest BCUT2D eigenvalue weighted by Crippen LogP contribution is 2.52. The summed E-state index contributed by atoms with van der Waals surface area (Å²) in [6, 6.07) is 3.72. The van der Waals surface area contributed by atoms with Gasteiger partial charge in [0.25, 0.3) is 0 Å². The van der Waals surface area contributed by atoms with Gasteiger partial charge in [-0.25, -0.2) is 0 Å². The lowest BCUT2D eigenvalue weighted by atomic mass is 9.83. The van der Waals surface area contributed by atoms with Crippen LogP contribution in [0.15, 0.2) is 18.3 Å². The van der Waals surface area contributed by atoms with Crippen molar-refractivity contribution < 1.29 is 9.84 Å². The Labute approximate surface area is 102 Å². The topological polar surface area (TPSA) is 42.4 Å². The molecule has 4 atom stereocenters. The lowest BCUT2D eigenvalue weighted by Gasteiger charge is -2.27. The van der Waals surface area contributed by atoms with Gasteiger partial charge in [0.05, 0.1) is 7.11 Å². The van der Waals surface area contributed by atoms with Crippen LogP contribution in [0, 0.1) is 17.8 Å². The Kier molecular flexibility index (Phi) is 2.79. The molecule has 1 N–H and O–H groups in total. The lowest BCUT2D eigenvalue weighted by Crippen LogP contribution is -2.20. The molecule has 0 aliphatic heterocycles. The Morgan fingerprint density at radius 1 is 1.41 bits per heavy atom. The summed E-state index contributed by atoms with van der Waals surface area (Å²) in [5, 5.41) is 10.5. The zero-order chi connectivity index (χ0) is 11.8. The van der Waals surface area contributed by atoms with Crippen molar-refractivity contribution >= 4 is 0 Å². The average Bonchev–Trinajstić information content (AvgIpc) is 3.00. The van der Waals surface area contributed by atoms with Gasteiger partial charge in [-0.1, -0.05) is 6.42 Å². The Bertz CT molecular complexity index is 407. The molecule has 1 aromatic heterocycles. The normalized spacial score (nSPS) is 32.7. The van der Waals surface area contributed by atoms with Crippen LogP contribution in [0.1, 0.15) is 37.5 Å². The van der Waals surface area contributed by atoms with E-state index in [4.69, 9.17) is 4.74 Å². The smallest absolute Gasteiger partial charge is 0.143 e. The third-order valence-electron chi connectivity index (χ3n) is 4.50. The highest BCUT2D eigenvalue weighted by atomic mass is 16.5. The van der Waals surface area contributed by atoms with E-state index in [2.05, 4.69) is 4.98 Å². The van der Waals surface area contributed by atoms with Gasteiger partial charge in [-0.15, -0.1) is 0 Å². The number of rotatable bonds is 3. The maximum atomic E-state index is 10.5. The summed E-state index contributed by atoms with van der Waals surface area (Å²) in [4.78, 5) is 4.30. The van der Waals surface area contributed by atoms with Gasteiger partial charge in [-0.05, 0) is 49.1 Å². The number of aliphatic hydroxyl groups excluding tert-OH is 1. The number of methoxy groups -OCH3 is 1. The number of hydrogen-bond acceptors (Lipinski definition) is 3. The van der Waals surface area contributed by atoms with Crippen molar-refractivity contribution in [2.24, 2.45) is 17.8 Å². The molecule has 1 heterocycles. The molecular formula is C14H19NO2. The number of hydrogen-bond donors (Lipinski definition) is 1. The van der Waals surface area contributed by atoms with Crippen LogP contribution in [0.25, 0.3) is 0 Å². The summed E-state index contributed by atoms with van der Waals surface area (Å²) >= 11 is 0. The van der Waals surface area contributed by atoms with Crippen LogP contribution in [0.4, 0.5) is 0 Å². The summed E-state index contributed by atoms with van der Waals surface area (Å²) in [5.41, 5.74) is 0.715. The summed E-state index contributed by atoms with van der Waals surface area (Å²) in [5.74, 6) is 2.64. The van der Waals surface area contributed by atoms with Crippen molar-refractivity contribution in [3.8, 4) is 5.75 Å². The van der Waals surface area contributed by atoms with Gasteiger partial charge in [0, 0.05) is 6.20 Å². The van der Waals surface area contributed by atoms with Gasteiger partial charge < -0.3 is 9.84 Å². The van der Waals surface area contributed by atoms with E-state index >= 15 is 0 Å². The van der Waals surface area contributed by atoms with E-state index in [1.54, 1.807) is 13.3 Å². The maximum absolute atomic E-state index is 10.5. The zero-order valence-electron chi connectivity index (χ0n) is 10.2. The first kappa shape index (κ1) is 11.0. The van der Waals surface area contributed by atoms with Gasteiger partial charge in [-0.2, -0.15) is 0 Å². The first-order valence-electron chi connectivity index (χ1n) is 6.46. The van der Waals surface area contributed by atoms with Crippen LogP contribution < -0.4 is 4.74 Å². The third kappa shape index (κ3) is 1.82. The maximum Gasteiger partial charge on any atom is 0.143 e. The zero-order valence-corrected chi connectivity index (χ0v) is 10.2. The molecule has 0 aromatic carbocycles. The van der Waals surface area contributed by atoms with Gasteiger partial charge >= 0.3 is 0 Å². The molecule has 2 fully saturated rings. The minimum Gasteiger partial charge on any atom is -0.495 e. The second-order valence-corrected chi connectivity index (χ2v) is 5.37. The van der Waals surface area contributed by atoms with Crippen LogP contribution in [0.2, 0.25) is 0 Å². The predicted molar refractivity (Wildman–Crippen MR) is 64.7 cm³/mol. The average molecular weight is 233 g/mol. The SMILES string of the molecule is COc1cccnc1C(O)C1CC2CCC1C2. The molecule has 0 amide bonds. The second kappa shape index (κ2) is 4.30. The number of nitrogens with zero attached hydrogens (tertiary/aromatic N) is 1. The third-order valence-corrected chi connectivity index (χ3v) is 4.50. The summed E-state index contributed by atoms with van der Waals surface area (Å²) in [6.45, 7) is 0. The van der Waals surface area contributed by atoms with E-state index in [0.717, 1.165) is 12.3 Å². The van der Waals surface area contributed by atoms with Gasteiger partial charge in [0.2, 0.25) is 0 Å². The molecule has 0 saturated heterocycles. The fourth-order valence-corrected chi connectivity index (χ4v) is 3.68. The monoisotopic (exact) mass is 233 g/mol. The number of ether oxygens (including phenoxy) is 1. The molecule has 2 aliphatic rings. The standard InChI is InChI=1S/C14H19NO2/c1-17-12-3-2-6-15-13(12)14(16)11-8-9-4-5-10(11)7-9/h2-3,6,9-11,14,16H,4-5,7-8H2,1H3. The van der Waals surface area contributed by atoms with Crippen molar-refractivity contribution in [2.75, 3.05) is 7.11 Å². The number of aliphatic hydroxyl groups is 1. The Hall–Kier alpha value is -1.09. The van der Waals surface area contributed by atoms with Crippen molar-refractivity contribution in [3.05, 3.63) is 24.0 Å². The fourth-order valence-electron chi connectivity index (χ4n) is 3.68. The Morgan fingerprint density at radius 2 is 2.29 bits per heavy atom. The second-order valence-electron chi connectivity index (χ2n) is 5.37. The van der Waals surface area contributed by atoms with Gasteiger partial charge in [-0.3, -0.25) is 4.98 Å². The molecule has 3 rings (SSSR count). The molecule has 3 nitrogen and oxygen atoms in total. The van der Waals surface area contributed by atoms with Gasteiger partial charge in [0.1, 0.15) is 17.5 Å². The lowest BCUT2D eigenvalue weighted by molar-refractivity contribution is 0.0685. The predicted octanol–water partition coefficient (Wildman–Crippen LogP) is 2.56. The van der Waals surface area contributed by atoms with Crippen molar-refractivity contribution in [1.82, 2.24) is 4.98 Å². The molecule has 1 aromatic rings. The molecule has 2 aliphatic carbocycles. The molecular weight excluding hydrogens is 214 g/mol. The summed E-state index contributed by atoms with van der Waals surface area (Å²) in [7, 11) is 1.63. The van der Waals surface area contributed by atoms with E-state index in [1.807, 2.05) is 12.1 Å². The molecule has 4 unspecified atom stereocenters. The molecule has 0 radical (unpaired) electrons. The largest absolute Gasteiger partial charge is 0.495 e. The van der Waals surface area contributed by atoms with Crippen molar-refractivity contribution in [1.29, 1.82) is 0 Å². The molecule has 2 bridgehead atoms. The Balaban J connectivity index is 1.84. The fraction of sp³-hybridized carbons (Fsp3) is 0.643. The van der Waals surface area contributed by atoms with E-state index in [1.165, 1.54) is 19.3 Å². The van der Waals surface area contributed by atoms with Crippen molar-refractivity contribution in [3.63, 3.8) is 0 Å². The number of pyridine rings is 1. The highest BCUT2D eigenvalue weighted by Gasteiger charge is 2.43. The van der Waals surface area contributed by atoms with E-state index in [-0.39, 0.29) is 0 Å². The van der Waals surface area contributed by atoms with Crippen LogP contribution in [0.3, 0.4) is 0 Å². The quantitative estimate of drug-likeness (QED) is 0.872. The number of fused-ring (bicyclic) bond motifs is 2. The van der Waals surface area contributed by atoms with Crippen LogP contribution in [0.5, 0.6) is 5.75 Å². The molecule has 92 valence electrons. The van der Waals surface area contributed by atoms with E-state index in [0.29, 0.717) is 23.3 Å². The molecule has 2 saturated carbocycles. The van der Waals surface area contributed by atoms with Gasteiger partial charge in [0.15, 0.2) is 0 Å². The van der Waals surface area contributed by atoms with E-state index < -0.39 is 6.10 Å². The first-order valence-corrected chi connectivity index (χ1v) is 6.46. The molecule has 3 heteroatoms. The summed E-state index contributed by atoms with van der Waals surface area (Å²) in [6.07, 6.45) is 6.37.